The van der Waals surface area contributed by atoms with Crippen LogP contribution in [-0.2, 0) is 4.74 Å². The van der Waals surface area contributed by atoms with Gasteiger partial charge in [-0.05, 0) is 26.7 Å². The molecule has 76 valence electrons. The molecule has 0 radical (unpaired) electrons. The minimum absolute atomic E-state index is 0.0854. The minimum Gasteiger partial charge on any atom is -0.318 e. The summed E-state index contributed by atoms with van der Waals surface area (Å²) in [5, 5.41) is 0. The predicted octanol–water partition coefficient (Wildman–Crippen LogP) is 1.85. The molecule has 2 rings (SSSR count). The van der Waals surface area contributed by atoms with Gasteiger partial charge in [0.15, 0.2) is 0 Å². The molecule has 0 N–H and O–H groups in total. The maximum absolute atomic E-state index is 12.9. The molecule has 0 aromatic carbocycles. The summed E-state index contributed by atoms with van der Waals surface area (Å²) in [5.74, 6) is 0. The van der Waals surface area contributed by atoms with Gasteiger partial charge in [-0.25, -0.2) is 0 Å². The fraction of sp³-hybridized carbons (Fsp3) is 1.00. The summed E-state index contributed by atoms with van der Waals surface area (Å²) in [6, 6.07) is 0.203. The van der Waals surface area contributed by atoms with E-state index in [4.69, 9.17) is 0 Å². The van der Waals surface area contributed by atoms with Crippen LogP contribution in [-0.4, -0.2) is 35.7 Å². The number of halogens is 2. The van der Waals surface area contributed by atoms with Crippen molar-refractivity contribution in [1.82, 2.24) is 4.90 Å². The Kier molecular flexibility index (Phi) is 1.90. The summed E-state index contributed by atoms with van der Waals surface area (Å²) in [6.45, 7) is 3.98. The van der Waals surface area contributed by atoms with Crippen molar-refractivity contribution < 1.29 is 13.5 Å². The average molecular weight is 191 g/mol. The Hall–Kier alpha value is -0.220. The van der Waals surface area contributed by atoms with Crippen LogP contribution in [0, 0.1) is 0 Å². The molecule has 0 spiro atoms. The van der Waals surface area contributed by atoms with Crippen molar-refractivity contribution in [2.75, 3.05) is 13.2 Å². The third-order valence-electron chi connectivity index (χ3n) is 3.15. The zero-order valence-electron chi connectivity index (χ0n) is 8.02. The van der Waals surface area contributed by atoms with E-state index in [2.05, 4.69) is 4.74 Å². The molecule has 0 amide bonds. The van der Waals surface area contributed by atoms with E-state index < -0.39 is 6.11 Å². The van der Waals surface area contributed by atoms with E-state index in [1.807, 2.05) is 18.7 Å². The summed E-state index contributed by atoms with van der Waals surface area (Å²) in [6.07, 6.45) is -0.988. The van der Waals surface area contributed by atoms with Gasteiger partial charge in [0.2, 0.25) is 0 Å². The van der Waals surface area contributed by atoms with Gasteiger partial charge in [0.1, 0.15) is 0 Å². The van der Waals surface area contributed by atoms with Crippen molar-refractivity contribution in [2.24, 2.45) is 0 Å². The zero-order valence-corrected chi connectivity index (χ0v) is 8.02. The van der Waals surface area contributed by atoms with Gasteiger partial charge in [0.05, 0.1) is 13.2 Å². The lowest BCUT2D eigenvalue weighted by atomic mass is 10.0. The zero-order chi connectivity index (χ0) is 9.69. The first kappa shape index (κ1) is 9.34. The number of ether oxygens (including phenoxy) is 1. The standard InChI is InChI=1S/C9H15F2NO/c1-8(2)4-3-7-5-13-9(10,11)6-12(7)8/h7H,3-6H2,1-2H3. The third-order valence-corrected chi connectivity index (χ3v) is 3.15. The molecule has 1 atom stereocenters. The molecular weight excluding hydrogens is 176 g/mol. The lowest BCUT2D eigenvalue weighted by Crippen LogP contribution is -2.55. The lowest BCUT2D eigenvalue weighted by molar-refractivity contribution is -0.284. The van der Waals surface area contributed by atoms with Crippen molar-refractivity contribution in [3.63, 3.8) is 0 Å². The van der Waals surface area contributed by atoms with E-state index in [9.17, 15) is 8.78 Å². The molecule has 2 fully saturated rings. The molecule has 2 nitrogen and oxygen atoms in total. The van der Waals surface area contributed by atoms with E-state index in [1.54, 1.807) is 0 Å². The number of alkyl halides is 2. The maximum atomic E-state index is 12.9. The van der Waals surface area contributed by atoms with Crippen molar-refractivity contribution in [2.45, 2.75) is 44.4 Å². The maximum Gasteiger partial charge on any atom is 0.368 e. The Morgan fingerprint density at radius 1 is 1.38 bits per heavy atom. The van der Waals surface area contributed by atoms with Gasteiger partial charge in [-0.3, -0.25) is 4.90 Å². The Morgan fingerprint density at radius 2 is 2.08 bits per heavy atom. The molecule has 2 saturated heterocycles. The second-order valence-corrected chi connectivity index (χ2v) is 4.58. The number of nitrogens with zero attached hydrogens (tertiary/aromatic N) is 1. The number of hydrogen-bond acceptors (Lipinski definition) is 2. The van der Waals surface area contributed by atoms with Gasteiger partial charge < -0.3 is 4.74 Å². The Balaban J connectivity index is 2.14. The Morgan fingerprint density at radius 3 is 2.77 bits per heavy atom. The molecular formula is C9H15F2NO. The number of hydrogen-bond donors (Lipinski definition) is 0. The summed E-state index contributed by atoms with van der Waals surface area (Å²) < 4.78 is 30.3. The molecule has 1 unspecified atom stereocenters. The molecule has 0 aromatic heterocycles. The van der Waals surface area contributed by atoms with Crippen molar-refractivity contribution in [3.05, 3.63) is 0 Å². The van der Waals surface area contributed by atoms with Crippen LogP contribution in [0.3, 0.4) is 0 Å². The molecule has 4 heteroatoms. The second kappa shape index (κ2) is 2.64. The summed E-state index contributed by atoms with van der Waals surface area (Å²) >= 11 is 0. The lowest BCUT2D eigenvalue weighted by Gasteiger charge is -2.41. The van der Waals surface area contributed by atoms with Crippen LogP contribution in [0.15, 0.2) is 0 Å². The highest BCUT2D eigenvalue weighted by atomic mass is 19.3. The second-order valence-electron chi connectivity index (χ2n) is 4.58. The minimum atomic E-state index is -2.95. The fourth-order valence-corrected chi connectivity index (χ4v) is 2.29. The van der Waals surface area contributed by atoms with Crippen LogP contribution in [0.25, 0.3) is 0 Å². The highest BCUT2D eigenvalue weighted by Gasteiger charge is 2.49. The Labute approximate surface area is 76.9 Å². The Bertz CT molecular complexity index is 218. The first-order valence-electron chi connectivity index (χ1n) is 4.69. The first-order valence-corrected chi connectivity index (χ1v) is 4.69. The predicted molar refractivity (Wildman–Crippen MR) is 44.7 cm³/mol. The first-order chi connectivity index (χ1) is 5.91. The van der Waals surface area contributed by atoms with Crippen LogP contribution in [0.2, 0.25) is 0 Å². The monoisotopic (exact) mass is 191 g/mol. The SMILES string of the molecule is CC1(C)CCC2COC(F)(F)CN21. The molecule has 2 aliphatic rings. The van der Waals surface area contributed by atoms with Gasteiger partial charge in [0, 0.05) is 11.6 Å². The van der Waals surface area contributed by atoms with Crippen LogP contribution in [0.1, 0.15) is 26.7 Å². The number of rotatable bonds is 0. The average Bonchev–Trinajstić information content (AvgIpc) is 2.26. The van der Waals surface area contributed by atoms with Crippen LogP contribution in [0.5, 0.6) is 0 Å². The molecule has 2 heterocycles. The highest BCUT2D eigenvalue weighted by molar-refractivity contribution is 4.97. The van der Waals surface area contributed by atoms with Crippen molar-refractivity contribution in [3.8, 4) is 0 Å². The molecule has 0 aliphatic carbocycles. The quantitative estimate of drug-likeness (QED) is 0.579. The molecule has 0 saturated carbocycles. The van der Waals surface area contributed by atoms with Crippen molar-refractivity contribution in [1.29, 1.82) is 0 Å². The van der Waals surface area contributed by atoms with E-state index in [0.29, 0.717) is 0 Å². The molecule has 0 aromatic rings. The van der Waals surface area contributed by atoms with Gasteiger partial charge in [-0.1, -0.05) is 0 Å². The topological polar surface area (TPSA) is 12.5 Å². The summed E-state index contributed by atoms with van der Waals surface area (Å²) in [4.78, 5) is 1.89. The van der Waals surface area contributed by atoms with Crippen LogP contribution >= 0.6 is 0 Å². The third kappa shape index (κ3) is 1.57. The van der Waals surface area contributed by atoms with Gasteiger partial charge >= 0.3 is 6.11 Å². The largest absolute Gasteiger partial charge is 0.368 e. The van der Waals surface area contributed by atoms with E-state index in [1.165, 1.54) is 0 Å². The normalized spacial score (nSPS) is 37.4. The van der Waals surface area contributed by atoms with E-state index in [0.717, 1.165) is 12.8 Å². The summed E-state index contributed by atoms with van der Waals surface area (Å²) in [5.41, 5.74) is -0.0854. The van der Waals surface area contributed by atoms with E-state index >= 15 is 0 Å². The fourth-order valence-electron chi connectivity index (χ4n) is 2.29. The van der Waals surface area contributed by atoms with Gasteiger partial charge in [-0.2, -0.15) is 8.78 Å². The molecule has 0 bridgehead atoms. The summed E-state index contributed by atoms with van der Waals surface area (Å²) in [7, 11) is 0. The number of fused-ring (bicyclic) bond motifs is 1. The molecule has 13 heavy (non-hydrogen) atoms. The smallest absolute Gasteiger partial charge is 0.318 e. The highest BCUT2D eigenvalue weighted by Crippen LogP contribution is 2.39. The van der Waals surface area contributed by atoms with Crippen LogP contribution < -0.4 is 0 Å². The van der Waals surface area contributed by atoms with E-state index in [-0.39, 0.29) is 24.7 Å². The number of morpholine rings is 1. The molecule has 2 aliphatic heterocycles. The van der Waals surface area contributed by atoms with Crippen LogP contribution in [0.4, 0.5) is 8.78 Å². The van der Waals surface area contributed by atoms with Gasteiger partial charge in [0.25, 0.3) is 0 Å². The van der Waals surface area contributed by atoms with Crippen molar-refractivity contribution >= 4 is 0 Å². The van der Waals surface area contributed by atoms with Gasteiger partial charge in [-0.15, -0.1) is 0 Å².